The number of rotatable bonds is 7. The minimum Gasteiger partial charge on any atom is -0.387 e. The van der Waals surface area contributed by atoms with E-state index < -0.39 is 17.7 Å². The highest BCUT2D eigenvalue weighted by Gasteiger charge is 2.35. The lowest BCUT2D eigenvalue weighted by molar-refractivity contribution is -0.114. The van der Waals surface area contributed by atoms with E-state index in [0.717, 1.165) is 0 Å². The van der Waals surface area contributed by atoms with Crippen LogP contribution in [0.25, 0.3) is 5.65 Å². The van der Waals surface area contributed by atoms with E-state index in [0.29, 0.717) is 22.5 Å². The van der Waals surface area contributed by atoms with Gasteiger partial charge < -0.3 is 25.5 Å². The molecule has 11 nitrogen and oxygen atoms in total. The van der Waals surface area contributed by atoms with Crippen molar-refractivity contribution in [3.8, 4) is 0 Å². The quantitative estimate of drug-likeness (QED) is 0.455. The molecule has 1 aliphatic rings. The monoisotopic (exact) mass is 497 g/mol. The van der Waals surface area contributed by atoms with E-state index >= 15 is 0 Å². The molecule has 190 valence electrons. The maximum absolute atomic E-state index is 14.5. The molecule has 1 atom stereocenters. The number of hydrogen-bond acceptors (Lipinski definition) is 7. The summed E-state index contributed by atoms with van der Waals surface area (Å²) in [5.41, 5.74) is 0.955. The van der Waals surface area contributed by atoms with Crippen molar-refractivity contribution in [1.82, 2.24) is 19.5 Å². The van der Waals surface area contributed by atoms with Crippen molar-refractivity contribution in [3.05, 3.63) is 47.3 Å². The second-order valence-electron chi connectivity index (χ2n) is 9.50. The molecule has 0 saturated carbocycles. The van der Waals surface area contributed by atoms with Crippen LogP contribution in [-0.4, -0.2) is 74.7 Å². The molecule has 0 fully saturated rings. The Kier molecular flexibility index (Phi) is 6.39. The van der Waals surface area contributed by atoms with Gasteiger partial charge >= 0.3 is 0 Å². The molecule has 1 aromatic carbocycles. The first-order chi connectivity index (χ1) is 16.8. The number of nitrogens with zero attached hydrogens (tertiary/aromatic N) is 5. The normalized spacial score (nSPS) is 14.1. The third-order valence-corrected chi connectivity index (χ3v) is 5.90. The van der Waals surface area contributed by atoms with E-state index in [4.69, 9.17) is 0 Å². The summed E-state index contributed by atoms with van der Waals surface area (Å²) in [4.78, 5) is 44.9. The van der Waals surface area contributed by atoms with E-state index in [1.54, 1.807) is 43.4 Å². The van der Waals surface area contributed by atoms with Crippen LogP contribution in [-0.2, 0) is 11.3 Å². The van der Waals surface area contributed by atoms with Crippen LogP contribution in [0.5, 0.6) is 0 Å². The smallest absolute Gasteiger partial charge is 0.261 e. The predicted molar refractivity (Wildman–Crippen MR) is 132 cm³/mol. The second kappa shape index (κ2) is 9.19. The largest absolute Gasteiger partial charge is 0.387 e. The maximum atomic E-state index is 14.5. The molecule has 0 radical (unpaired) electrons. The van der Waals surface area contributed by atoms with Crippen LogP contribution in [0, 0.1) is 0 Å². The lowest BCUT2D eigenvalue weighted by Crippen LogP contribution is -2.42. The number of carbonyl (C=O) groups excluding carboxylic acids is 3. The van der Waals surface area contributed by atoms with Gasteiger partial charge in [0.1, 0.15) is 17.6 Å². The summed E-state index contributed by atoms with van der Waals surface area (Å²) in [5.74, 6) is -0.828. The average molecular weight is 498 g/mol. The van der Waals surface area contributed by atoms with Gasteiger partial charge in [-0.15, -0.1) is 0 Å². The van der Waals surface area contributed by atoms with Gasteiger partial charge in [-0.1, -0.05) is 0 Å². The van der Waals surface area contributed by atoms with Crippen molar-refractivity contribution in [3.63, 3.8) is 0 Å². The maximum Gasteiger partial charge on any atom is 0.261 e. The van der Waals surface area contributed by atoms with Crippen molar-refractivity contribution in [2.75, 3.05) is 36.2 Å². The molecule has 1 aliphatic heterocycles. The predicted octanol–water partition coefficient (Wildman–Crippen LogP) is 2.07. The number of fused-ring (bicyclic) bond motifs is 2. The van der Waals surface area contributed by atoms with Crippen LogP contribution in [0.1, 0.15) is 47.1 Å². The minimum absolute atomic E-state index is 0.152. The number of aliphatic hydroxyl groups is 1. The molecule has 36 heavy (non-hydrogen) atoms. The van der Waals surface area contributed by atoms with Gasteiger partial charge in [-0.3, -0.25) is 14.4 Å². The summed E-state index contributed by atoms with van der Waals surface area (Å²) in [5, 5.41) is 19.5. The Hall–Kier alpha value is -4.06. The van der Waals surface area contributed by atoms with E-state index in [9.17, 15) is 23.9 Å². The molecular weight excluding hydrogens is 469 g/mol. The third kappa shape index (κ3) is 4.85. The molecule has 3 heterocycles. The standard InChI is InChI=1S/C24H28FN7O4/c1-13(33)27-20-6-7-32-21(29-20)16(10-26-32)22(34)28-17-8-14-11-31(12-19(25)24(2,3)36)23(35)15(14)9-18(17)30(4)5/h6-10,19,36H,11-12H2,1-5H3,(H,28,34)(H,27,29,33). The summed E-state index contributed by atoms with van der Waals surface area (Å²) in [6.45, 7) is 3.98. The fourth-order valence-electron chi connectivity index (χ4n) is 3.91. The topological polar surface area (TPSA) is 132 Å². The molecule has 0 saturated heterocycles. The van der Waals surface area contributed by atoms with Crippen molar-refractivity contribution in [2.45, 2.75) is 39.1 Å². The number of carbonyl (C=O) groups is 3. The number of nitrogens with one attached hydrogen (secondary N) is 2. The highest BCUT2D eigenvalue weighted by molar-refractivity contribution is 6.10. The van der Waals surface area contributed by atoms with Crippen LogP contribution >= 0.6 is 0 Å². The molecule has 3 amide bonds. The van der Waals surface area contributed by atoms with Gasteiger partial charge in [0.05, 0.1) is 29.7 Å². The molecule has 0 bridgehead atoms. The van der Waals surface area contributed by atoms with Crippen LogP contribution < -0.4 is 15.5 Å². The molecule has 2 aromatic heterocycles. The van der Waals surface area contributed by atoms with Crippen LogP contribution in [0.3, 0.4) is 0 Å². The zero-order valence-electron chi connectivity index (χ0n) is 20.7. The van der Waals surface area contributed by atoms with Crippen LogP contribution in [0.4, 0.5) is 21.6 Å². The third-order valence-electron chi connectivity index (χ3n) is 5.90. The van der Waals surface area contributed by atoms with E-state index in [2.05, 4.69) is 20.7 Å². The molecule has 4 rings (SSSR count). The summed E-state index contributed by atoms with van der Waals surface area (Å²) >= 11 is 0. The number of amides is 3. The van der Waals surface area contributed by atoms with Crippen LogP contribution in [0.2, 0.25) is 0 Å². The van der Waals surface area contributed by atoms with E-state index in [1.165, 1.54) is 36.4 Å². The highest BCUT2D eigenvalue weighted by atomic mass is 19.1. The first-order valence-corrected chi connectivity index (χ1v) is 11.3. The summed E-state index contributed by atoms with van der Waals surface area (Å²) in [6.07, 6.45) is 1.34. The summed E-state index contributed by atoms with van der Waals surface area (Å²) in [7, 11) is 3.55. The number of aromatic nitrogens is 3. The summed E-state index contributed by atoms with van der Waals surface area (Å²) in [6, 6.07) is 4.92. The lowest BCUT2D eigenvalue weighted by Gasteiger charge is -2.26. The Labute approximate surface area is 206 Å². The number of hydrogen-bond donors (Lipinski definition) is 3. The molecular formula is C24H28FN7O4. The fraction of sp³-hybridized carbons (Fsp3) is 0.375. The molecule has 12 heteroatoms. The number of alkyl halides is 1. The Morgan fingerprint density at radius 2 is 2.00 bits per heavy atom. The highest BCUT2D eigenvalue weighted by Crippen LogP contribution is 2.34. The van der Waals surface area contributed by atoms with E-state index in [1.807, 2.05) is 0 Å². The second-order valence-corrected chi connectivity index (χ2v) is 9.50. The number of benzene rings is 1. The first-order valence-electron chi connectivity index (χ1n) is 11.3. The summed E-state index contributed by atoms with van der Waals surface area (Å²) < 4.78 is 15.9. The van der Waals surface area contributed by atoms with Gasteiger partial charge in [-0.05, 0) is 37.6 Å². The SMILES string of the molecule is CC(=O)Nc1ccn2ncc(C(=O)Nc3cc4c(cc3N(C)C)C(=O)N(CC(F)C(C)(C)O)C4)c2n1. The minimum atomic E-state index is -1.62. The molecule has 3 aromatic rings. The van der Waals surface area contributed by atoms with E-state index in [-0.39, 0.29) is 41.9 Å². The Morgan fingerprint density at radius 1 is 1.28 bits per heavy atom. The fourth-order valence-corrected chi connectivity index (χ4v) is 3.91. The van der Waals surface area contributed by atoms with Gasteiger partial charge in [-0.25, -0.2) is 13.9 Å². The Morgan fingerprint density at radius 3 is 2.64 bits per heavy atom. The number of anilines is 3. The van der Waals surface area contributed by atoms with Crippen molar-refractivity contribution >= 4 is 40.6 Å². The van der Waals surface area contributed by atoms with Gasteiger partial charge in [0.2, 0.25) is 5.91 Å². The lowest BCUT2D eigenvalue weighted by atomic mass is 10.0. The number of halogens is 1. The van der Waals surface area contributed by atoms with Gasteiger partial charge in [0.25, 0.3) is 11.8 Å². The molecule has 0 aliphatic carbocycles. The van der Waals surface area contributed by atoms with Gasteiger partial charge in [0.15, 0.2) is 5.65 Å². The van der Waals surface area contributed by atoms with Crippen molar-refractivity contribution in [1.29, 1.82) is 0 Å². The molecule has 1 unspecified atom stereocenters. The van der Waals surface area contributed by atoms with Gasteiger partial charge in [-0.2, -0.15) is 5.10 Å². The first kappa shape index (κ1) is 25.0. The average Bonchev–Trinajstić information content (AvgIpc) is 3.32. The Bertz CT molecular complexity index is 1360. The zero-order valence-corrected chi connectivity index (χ0v) is 20.7. The zero-order chi connectivity index (χ0) is 26.4. The Balaban J connectivity index is 1.63. The molecule has 3 N–H and O–H groups in total. The van der Waals surface area contributed by atoms with Crippen LogP contribution in [0.15, 0.2) is 30.6 Å². The van der Waals surface area contributed by atoms with Crippen molar-refractivity contribution in [2.24, 2.45) is 0 Å². The van der Waals surface area contributed by atoms with Gasteiger partial charge in [0, 0.05) is 39.3 Å². The molecule has 0 spiro atoms. The van der Waals surface area contributed by atoms with Crippen molar-refractivity contribution < 1.29 is 23.9 Å².